The molecule has 1 aromatic heterocycles. The highest BCUT2D eigenvalue weighted by molar-refractivity contribution is 5.96. The number of carbonyl (C=O) groups is 3. The summed E-state index contributed by atoms with van der Waals surface area (Å²) in [6.45, 7) is 1.72. The second-order valence-electron chi connectivity index (χ2n) is 8.50. The fourth-order valence-corrected chi connectivity index (χ4v) is 4.32. The number of nitrogens with one attached hydrogen (secondary N) is 2. The topological polar surface area (TPSA) is 121 Å². The van der Waals surface area contributed by atoms with Crippen LogP contribution in [-0.4, -0.2) is 32.9 Å². The molecule has 3 aromatic rings. The quantitative estimate of drug-likeness (QED) is 0.422. The maximum atomic E-state index is 13.5. The lowest BCUT2D eigenvalue weighted by molar-refractivity contribution is -0.140. The number of halogens is 4. The normalized spacial score (nSPS) is 14.7. The van der Waals surface area contributed by atoms with E-state index in [0.29, 0.717) is 30.5 Å². The SMILES string of the molecule is Cc1c(C(=O)O)ccc2c1CC[C@@H]2NC(=O)c1cc(NC(=O)Cc2ccc(F)c(C(F)(F)F)c2)ncn1. The van der Waals surface area contributed by atoms with Crippen LogP contribution in [0.3, 0.4) is 0 Å². The maximum Gasteiger partial charge on any atom is 0.419 e. The summed E-state index contributed by atoms with van der Waals surface area (Å²) >= 11 is 0. The monoisotopic (exact) mass is 516 g/mol. The van der Waals surface area contributed by atoms with E-state index in [1.54, 1.807) is 13.0 Å². The van der Waals surface area contributed by atoms with Gasteiger partial charge in [-0.2, -0.15) is 13.2 Å². The Kier molecular flexibility index (Phi) is 6.92. The average molecular weight is 516 g/mol. The van der Waals surface area contributed by atoms with Gasteiger partial charge in [-0.1, -0.05) is 12.1 Å². The van der Waals surface area contributed by atoms with Crippen molar-refractivity contribution in [2.24, 2.45) is 0 Å². The smallest absolute Gasteiger partial charge is 0.419 e. The number of carboxylic acid groups (broad SMARTS) is 1. The number of anilines is 1. The van der Waals surface area contributed by atoms with E-state index in [-0.39, 0.29) is 28.7 Å². The highest BCUT2D eigenvalue weighted by Crippen LogP contribution is 2.35. The molecule has 2 amide bonds. The van der Waals surface area contributed by atoms with Gasteiger partial charge in [-0.25, -0.2) is 19.2 Å². The van der Waals surface area contributed by atoms with E-state index in [4.69, 9.17) is 0 Å². The lowest BCUT2D eigenvalue weighted by Crippen LogP contribution is -2.28. The van der Waals surface area contributed by atoms with Gasteiger partial charge in [0.25, 0.3) is 5.91 Å². The fourth-order valence-electron chi connectivity index (χ4n) is 4.32. The standard InChI is InChI=1S/C25H20F4N4O4/c1-12-14-5-7-19(16(14)4-3-15(12)24(36)37)32-23(35)20-10-21(31-11-30-20)33-22(34)9-13-2-6-18(26)17(8-13)25(27,28)29/h2-4,6,8,10-11,19H,5,7,9H2,1H3,(H,32,35)(H,36,37)(H,30,31,33,34)/t19-/m0/s1. The minimum atomic E-state index is -4.90. The second kappa shape index (κ2) is 9.96. The van der Waals surface area contributed by atoms with Crippen LogP contribution < -0.4 is 10.6 Å². The van der Waals surface area contributed by atoms with Gasteiger partial charge < -0.3 is 15.7 Å². The molecule has 0 saturated carbocycles. The first-order valence-corrected chi connectivity index (χ1v) is 11.1. The summed E-state index contributed by atoms with van der Waals surface area (Å²) in [4.78, 5) is 44.3. The van der Waals surface area contributed by atoms with Crippen molar-refractivity contribution in [2.45, 2.75) is 38.4 Å². The van der Waals surface area contributed by atoms with E-state index in [2.05, 4.69) is 20.6 Å². The average Bonchev–Trinajstić information content (AvgIpc) is 3.23. The minimum Gasteiger partial charge on any atom is -0.478 e. The number of rotatable bonds is 6. The van der Waals surface area contributed by atoms with Crippen molar-refractivity contribution in [3.63, 3.8) is 0 Å². The lowest BCUT2D eigenvalue weighted by Gasteiger charge is -2.15. The molecular weight excluding hydrogens is 496 g/mol. The molecule has 4 rings (SSSR count). The number of alkyl halides is 3. The Balaban J connectivity index is 1.43. The number of aromatic carboxylic acids is 1. The third-order valence-corrected chi connectivity index (χ3v) is 6.10. The first-order chi connectivity index (χ1) is 17.4. The largest absolute Gasteiger partial charge is 0.478 e. The lowest BCUT2D eigenvalue weighted by atomic mass is 9.98. The van der Waals surface area contributed by atoms with Crippen LogP contribution in [0.5, 0.6) is 0 Å². The van der Waals surface area contributed by atoms with Crippen LogP contribution in [0.25, 0.3) is 0 Å². The van der Waals surface area contributed by atoms with Gasteiger partial charge in [-0.15, -0.1) is 0 Å². The first-order valence-electron chi connectivity index (χ1n) is 11.1. The molecule has 1 aliphatic rings. The summed E-state index contributed by atoms with van der Waals surface area (Å²) in [5.74, 6) is -3.78. The van der Waals surface area contributed by atoms with Crippen LogP contribution in [-0.2, 0) is 23.8 Å². The number of fused-ring (bicyclic) bond motifs is 1. The Hall–Kier alpha value is -4.35. The summed E-state index contributed by atoms with van der Waals surface area (Å²) in [6, 6.07) is 6.31. The Morgan fingerprint density at radius 1 is 1.11 bits per heavy atom. The Labute approximate surface area is 207 Å². The van der Waals surface area contributed by atoms with Crippen LogP contribution >= 0.6 is 0 Å². The number of hydrogen-bond acceptors (Lipinski definition) is 5. The molecule has 37 heavy (non-hydrogen) atoms. The highest BCUT2D eigenvalue weighted by atomic mass is 19.4. The molecule has 1 atom stereocenters. The van der Waals surface area contributed by atoms with Gasteiger partial charge in [0.1, 0.15) is 23.7 Å². The van der Waals surface area contributed by atoms with E-state index >= 15 is 0 Å². The van der Waals surface area contributed by atoms with E-state index in [1.807, 2.05) is 0 Å². The molecule has 8 nitrogen and oxygen atoms in total. The molecule has 0 spiro atoms. The predicted octanol–water partition coefficient (Wildman–Crippen LogP) is 4.24. The molecule has 3 N–H and O–H groups in total. The third-order valence-electron chi connectivity index (χ3n) is 6.10. The second-order valence-corrected chi connectivity index (χ2v) is 8.50. The van der Waals surface area contributed by atoms with Gasteiger partial charge in [0, 0.05) is 6.07 Å². The van der Waals surface area contributed by atoms with Crippen molar-refractivity contribution in [1.82, 2.24) is 15.3 Å². The zero-order chi connectivity index (χ0) is 26.9. The Morgan fingerprint density at radius 3 is 2.57 bits per heavy atom. The molecule has 0 bridgehead atoms. The summed E-state index contributed by atoms with van der Waals surface area (Å²) in [6.07, 6.45) is -3.17. The molecule has 1 heterocycles. The first kappa shape index (κ1) is 25.7. The van der Waals surface area contributed by atoms with E-state index in [0.717, 1.165) is 23.5 Å². The van der Waals surface area contributed by atoms with Crippen LogP contribution in [0.2, 0.25) is 0 Å². The molecule has 0 unspecified atom stereocenters. The number of aromatic nitrogens is 2. The van der Waals surface area contributed by atoms with Gasteiger partial charge in [0.15, 0.2) is 0 Å². The molecule has 1 aliphatic carbocycles. The molecule has 2 aromatic carbocycles. The number of benzene rings is 2. The number of hydrogen-bond donors (Lipinski definition) is 3. The molecular formula is C25H20F4N4O4. The minimum absolute atomic E-state index is 0.0444. The van der Waals surface area contributed by atoms with Gasteiger partial charge >= 0.3 is 12.1 Å². The molecule has 0 fully saturated rings. The van der Waals surface area contributed by atoms with Crippen molar-refractivity contribution in [3.8, 4) is 0 Å². The van der Waals surface area contributed by atoms with Crippen molar-refractivity contribution < 1.29 is 37.1 Å². The predicted molar refractivity (Wildman–Crippen MR) is 122 cm³/mol. The maximum absolute atomic E-state index is 13.5. The van der Waals surface area contributed by atoms with Crippen LogP contribution in [0.4, 0.5) is 23.4 Å². The Bertz CT molecular complexity index is 1410. The molecule has 12 heteroatoms. The van der Waals surface area contributed by atoms with Gasteiger partial charge in [-0.05, 0) is 60.2 Å². The highest BCUT2D eigenvalue weighted by Gasteiger charge is 2.34. The van der Waals surface area contributed by atoms with Crippen molar-refractivity contribution >= 4 is 23.6 Å². The van der Waals surface area contributed by atoms with Gasteiger partial charge in [0.2, 0.25) is 5.91 Å². The molecule has 0 saturated heterocycles. The number of carboxylic acids is 1. The number of amides is 2. The van der Waals surface area contributed by atoms with Crippen LogP contribution in [0.1, 0.15) is 61.1 Å². The Morgan fingerprint density at radius 2 is 1.86 bits per heavy atom. The van der Waals surface area contributed by atoms with Crippen LogP contribution in [0, 0.1) is 12.7 Å². The third kappa shape index (κ3) is 5.57. The zero-order valence-electron chi connectivity index (χ0n) is 19.3. The van der Waals surface area contributed by atoms with Crippen molar-refractivity contribution in [2.75, 3.05) is 5.32 Å². The molecule has 0 radical (unpaired) electrons. The summed E-state index contributed by atoms with van der Waals surface area (Å²) in [7, 11) is 0. The van der Waals surface area contributed by atoms with Gasteiger partial charge in [0.05, 0.1) is 23.6 Å². The van der Waals surface area contributed by atoms with Crippen molar-refractivity contribution in [1.29, 1.82) is 0 Å². The van der Waals surface area contributed by atoms with E-state index in [9.17, 15) is 37.1 Å². The number of nitrogens with zero attached hydrogens (tertiary/aromatic N) is 2. The zero-order valence-corrected chi connectivity index (χ0v) is 19.3. The molecule has 192 valence electrons. The molecule has 0 aliphatic heterocycles. The van der Waals surface area contributed by atoms with Gasteiger partial charge in [-0.3, -0.25) is 9.59 Å². The summed E-state index contributed by atoms with van der Waals surface area (Å²) in [5.41, 5.74) is 0.959. The summed E-state index contributed by atoms with van der Waals surface area (Å²) in [5, 5.41) is 14.5. The van der Waals surface area contributed by atoms with Crippen molar-refractivity contribution in [3.05, 3.63) is 87.6 Å². The van der Waals surface area contributed by atoms with E-state index in [1.165, 1.54) is 12.1 Å². The van der Waals surface area contributed by atoms with Crippen LogP contribution in [0.15, 0.2) is 42.7 Å². The fraction of sp³-hybridized carbons (Fsp3) is 0.240. The number of carbonyl (C=O) groups excluding carboxylic acids is 2. The summed E-state index contributed by atoms with van der Waals surface area (Å²) < 4.78 is 52.2. The van der Waals surface area contributed by atoms with E-state index < -0.39 is 41.8 Å².